The zero-order valence-corrected chi connectivity index (χ0v) is 22.9. The van der Waals surface area contributed by atoms with Crippen molar-refractivity contribution in [2.45, 2.75) is 32.6 Å². The number of aromatic nitrogens is 2. The zero-order chi connectivity index (χ0) is 26.8. The minimum Gasteiger partial charge on any atom is -0.372 e. The Kier molecular flexibility index (Phi) is 7.12. The van der Waals surface area contributed by atoms with Crippen LogP contribution in [-0.2, 0) is 12.8 Å². The molecule has 39 heavy (non-hydrogen) atoms. The van der Waals surface area contributed by atoms with Gasteiger partial charge in [0, 0.05) is 42.6 Å². The number of carbonyl (C=O) groups excluding carboxylic acids is 2. The summed E-state index contributed by atoms with van der Waals surface area (Å²) in [6, 6.07) is 25.9. The lowest BCUT2D eigenvalue weighted by molar-refractivity contribution is 0.0986. The number of rotatable bonds is 8. The van der Waals surface area contributed by atoms with Crippen molar-refractivity contribution >= 4 is 39.5 Å². The Hall–Kier alpha value is -4.03. The lowest BCUT2D eigenvalue weighted by Gasteiger charge is -2.32. The number of hydrogen-bond donors (Lipinski definition) is 0. The number of benzene rings is 3. The molecule has 0 unspecified atom stereocenters. The molecule has 0 amide bonds. The normalized spacial score (nSPS) is 14.1. The first-order chi connectivity index (χ1) is 19.0. The molecule has 0 aliphatic carbocycles. The van der Waals surface area contributed by atoms with E-state index in [1.165, 1.54) is 29.9 Å². The first-order valence-electron chi connectivity index (χ1n) is 13.5. The summed E-state index contributed by atoms with van der Waals surface area (Å²) in [5, 5.41) is 7.51. The summed E-state index contributed by atoms with van der Waals surface area (Å²) in [7, 11) is 0. The summed E-state index contributed by atoms with van der Waals surface area (Å²) in [6.45, 7) is 4.49. The second-order valence-corrected chi connectivity index (χ2v) is 11.5. The second-order valence-electron chi connectivity index (χ2n) is 10.5. The molecule has 5 aromatic rings. The van der Waals surface area contributed by atoms with E-state index in [0.717, 1.165) is 57.2 Å². The van der Waals surface area contributed by atoms with E-state index in [1.807, 2.05) is 83.0 Å². The molecule has 1 fully saturated rings. The summed E-state index contributed by atoms with van der Waals surface area (Å²) < 4.78 is 1.89. The number of anilines is 1. The molecule has 0 N–H and O–H groups in total. The van der Waals surface area contributed by atoms with E-state index in [1.54, 1.807) is 0 Å². The lowest BCUT2D eigenvalue weighted by atomic mass is 9.98. The Morgan fingerprint density at radius 2 is 1.54 bits per heavy atom. The Bertz CT molecular complexity index is 1590. The predicted octanol–water partition coefficient (Wildman–Crippen LogP) is 7.17. The first-order valence-corrected chi connectivity index (χ1v) is 14.4. The SMILES string of the molecule is CC1CCN(c2ccc(C(=O)Cc3ccc4c(cnn4-c4ccc(CC(=O)c5cccs5)cc4)c3)cc2)CC1. The van der Waals surface area contributed by atoms with E-state index in [2.05, 4.69) is 29.1 Å². The average molecular weight is 534 g/mol. The van der Waals surface area contributed by atoms with Crippen LogP contribution in [0, 0.1) is 5.92 Å². The first kappa shape index (κ1) is 25.3. The van der Waals surface area contributed by atoms with Crippen LogP contribution in [0.25, 0.3) is 16.6 Å². The Morgan fingerprint density at radius 1 is 0.846 bits per heavy atom. The lowest BCUT2D eigenvalue weighted by Crippen LogP contribution is -2.32. The van der Waals surface area contributed by atoms with Crippen molar-refractivity contribution in [1.82, 2.24) is 9.78 Å². The monoisotopic (exact) mass is 533 g/mol. The molecule has 1 saturated heterocycles. The summed E-state index contributed by atoms with van der Waals surface area (Å²) in [5.74, 6) is 1.05. The molecule has 0 spiro atoms. The molecule has 1 aliphatic rings. The van der Waals surface area contributed by atoms with Gasteiger partial charge in [-0.15, -0.1) is 11.3 Å². The predicted molar refractivity (Wildman–Crippen MR) is 159 cm³/mol. The fourth-order valence-corrected chi connectivity index (χ4v) is 5.94. The van der Waals surface area contributed by atoms with Crippen molar-refractivity contribution in [3.63, 3.8) is 0 Å². The van der Waals surface area contributed by atoms with Crippen LogP contribution >= 0.6 is 11.3 Å². The number of piperidine rings is 1. The molecule has 6 rings (SSSR count). The van der Waals surface area contributed by atoms with Gasteiger partial charge in [0.2, 0.25) is 0 Å². The van der Waals surface area contributed by atoms with Crippen molar-refractivity contribution < 1.29 is 9.59 Å². The molecule has 3 aromatic carbocycles. The minimum absolute atomic E-state index is 0.119. The van der Waals surface area contributed by atoms with E-state index in [9.17, 15) is 9.59 Å². The van der Waals surface area contributed by atoms with Crippen LogP contribution in [0.5, 0.6) is 0 Å². The molecule has 196 valence electrons. The highest BCUT2D eigenvalue weighted by Crippen LogP contribution is 2.25. The standard InChI is InChI=1S/C33H31N3O2S/c1-23-14-16-35(17-15-23)28-11-7-26(8-12-28)31(37)21-25-6-13-30-27(19-25)22-34-36(30)29-9-4-24(5-10-29)20-32(38)33-3-2-18-39-33/h2-13,18-19,22-23H,14-17,20-21H2,1H3. The van der Waals surface area contributed by atoms with E-state index >= 15 is 0 Å². The third-order valence-electron chi connectivity index (χ3n) is 7.68. The molecule has 1 aliphatic heterocycles. The summed E-state index contributed by atoms with van der Waals surface area (Å²) >= 11 is 1.48. The van der Waals surface area contributed by atoms with Gasteiger partial charge in [0.05, 0.1) is 22.3 Å². The second kappa shape index (κ2) is 11.0. The maximum atomic E-state index is 13.0. The van der Waals surface area contributed by atoms with Crippen LogP contribution in [0.2, 0.25) is 0 Å². The summed E-state index contributed by atoms with van der Waals surface area (Å²) in [6.07, 6.45) is 5.03. The molecule has 0 atom stereocenters. The maximum Gasteiger partial charge on any atom is 0.177 e. The Labute approximate surface area is 232 Å². The quantitative estimate of drug-likeness (QED) is 0.198. The average Bonchev–Trinajstić information content (AvgIpc) is 3.65. The van der Waals surface area contributed by atoms with E-state index in [0.29, 0.717) is 12.8 Å². The van der Waals surface area contributed by atoms with Gasteiger partial charge in [-0.2, -0.15) is 5.10 Å². The van der Waals surface area contributed by atoms with Gasteiger partial charge >= 0.3 is 0 Å². The van der Waals surface area contributed by atoms with Gasteiger partial charge in [-0.25, -0.2) is 4.68 Å². The van der Waals surface area contributed by atoms with Crippen LogP contribution in [0.3, 0.4) is 0 Å². The zero-order valence-electron chi connectivity index (χ0n) is 22.0. The maximum absolute atomic E-state index is 13.0. The highest BCUT2D eigenvalue weighted by molar-refractivity contribution is 7.12. The summed E-state index contributed by atoms with van der Waals surface area (Å²) in [4.78, 5) is 28.7. The highest BCUT2D eigenvalue weighted by atomic mass is 32.1. The van der Waals surface area contributed by atoms with Gasteiger partial charge in [-0.05, 0) is 89.9 Å². The molecule has 3 heterocycles. The van der Waals surface area contributed by atoms with Crippen LogP contribution in [0.4, 0.5) is 5.69 Å². The van der Waals surface area contributed by atoms with Crippen LogP contribution in [-0.4, -0.2) is 34.4 Å². The number of nitrogens with zero attached hydrogens (tertiary/aromatic N) is 3. The Balaban J connectivity index is 1.12. The number of fused-ring (bicyclic) bond motifs is 1. The minimum atomic E-state index is 0.119. The van der Waals surface area contributed by atoms with Gasteiger partial charge in [-0.3, -0.25) is 9.59 Å². The molecule has 0 saturated carbocycles. The van der Waals surface area contributed by atoms with Gasteiger partial charge in [0.25, 0.3) is 0 Å². The molecule has 0 bridgehead atoms. The fraction of sp³-hybridized carbons (Fsp3) is 0.242. The van der Waals surface area contributed by atoms with Crippen molar-refractivity contribution in [2.24, 2.45) is 5.92 Å². The molecule has 6 heteroatoms. The third-order valence-corrected chi connectivity index (χ3v) is 8.59. The van der Waals surface area contributed by atoms with E-state index < -0.39 is 0 Å². The van der Waals surface area contributed by atoms with Gasteiger partial charge in [-0.1, -0.05) is 31.2 Å². The van der Waals surface area contributed by atoms with Crippen molar-refractivity contribution in [1.29, 1.82) is 0 Å². The topological polar surface area (TPSA) is 55.2 Å². The molecule has 2 aromatic heterocycles. The van der Waals surface area contributed by atoms with Crippen molar-refractivity contribution in [3.8, 4) is 5.69 Å². The van der Waals surface area contributed by atoms with Crippen LogP contribution in [0.1, 0.15) is 50.9 Å². The van der Waals surface area contributed by atoms with Crippen LogP contribution < -0.4 is 4.90 Å². The van der Waals surface area contributed by atoms with Gasteiger partial charge in [0.1, 0.15) is 0 Å². The molecule has 5 nitrogen and oxygen atoms in total. The van der Waals surface area contributed by atoms with Crippen LogP contribution in [0.15, 0.2) is 90.4 Å². The van der Waals surface area contributed by atoms with E-state index in [4.69, 9.17) is 0 Å². The molecular formula is C33H31N3O2S. The number of hydrogen-bond acceptors (Lipinski definition) is 5. The van der Waals surface area contributed by atoms with Gasteiger partial charge < -0.3 is 4.90 Å². The van der Waals surface area contributed by atoms with Gasteiger partial charge in [0.15, 0.2) is 11.6 Å². The molecule has 0 radical (unpaired) electrons. The van der Waals surface area contributed by atoms with Crippen molar-refractivity contribution in [3.05, 3.63) is 112 Å². The number of carbonyl (C=O) groups is 2. The fourth-order valence-electron chi connectivity index (χ4n) is 5.28. The number of Topliss-reactive ketones (excluding diaryl/α,β-unsaturated/α-hetero) is 2. The largest absolute Gasteiger partial charge is 0.372 e. The number of thiophene rings is 1. The molecular weight excluding hydrogens is 502 g/mol. The number of ketones is 2. The summed E-state index contributed by atoms with van der Waals surface area (Å²) in [5.41, 5.74) is 5.82. The smallest absolute Gasteiger partial charge is 0.177 e. The highest BCUT2D eigenvalue weighted by Gasteiger charge is 2.17. The third kappa shape index (κ3) is 5.57. The van der Waals surface area contributed by atoms with Crippen molar-refractivity contribution in [2.75, 3.05) is 18.0 Å². The van der Waals surface area contributed by atoms with E-state index in [-0.39, 0.29) is 11.6 Å². The Morgan fingerprint density at radius 3 is 2.26 bits per heavy atom.